The van der Waals surface area contributed by atoms with Crippen molar-refractivity contribution in [2.45, 2.75) is 6.42 Å². The molecule has 0 atom stereocenters. The molecule has 0 heterocycles. The van der Waals surface area contributed by atoms with E-state index in [1.807, 2.05) is 0 Å². The highest BCUT2D eigenvalue weighted by Crippen LogP contribution is 2.16. The van der Waals surface area contributed by atoms with Crippen LogP contribution in [-0.4, -0.2) is 25.1 Å². The first-order valence-electron chi connectivity index (χ1n) is 7.67. The van der Waals surface area contributed by atoms with Crippen LogP contribution in [0.25, 0.3) is 0 Å². The molecule has 0 saturated heterocycles. The van der Waals surface area contributed by atoms with Gasteiger partial charge in [-0.25, -0.2) is 4.79 Å². The van der Waals surface area contributed by atoms with Crippen LogP contribution in [0.5, 0.6) is 5.75 Å². The second kappa shape index (κ2) is 9.49. The first-order valence-corrected chi connectivity index (χ1v) is 8.05. The van der Waals surface area contributed by atoms with Crippen molar-refractivity contribution in [2.75, 3.05) is 18.5 Å². The minimum Gasteiger partial charge on any atom is -0.493 e. The minimum absolute atomic E-state index is 0.217. The Balaban J connectivity index is 1.78. The monoisotopic (exact) mass is 359 g/mol. The van der Waals surface area contributed by atoms with Crippen molar-refractivity contribution >= 4 is 29.2 Å². The molecule has 0 unspecified atom stereocenters. The van der Waals surface area contributed by atoms with E-state index in [-0.39, 0.29) is 12.5 Å². The van der Waals surface area contributed by atoms with Gasteiger partial charge in [-0.3, -0.25) is 4.79 Å². The van der Waals surface area contributed by atoms with Crippen LogP contribution in [-0.2, 0) is 9.53 Å². The zero-order chi connectivity index (χ0) is 18.1. The number of esters is 1. The van der Waals surface area contributed by atoms with E-state index in [1.165, 1.54) is 0 Å². The highest BCUT2D eigenvalue weighted by atomic mass is 35.5. The molecule has 5 nitrogen and oxygen atoms in total. The highest BCUT2D eigenvalue weighted by molar-refractivity contribution is 6.30. The number of hydrogen-bond acceptors (Lipinski definition) is 4. The SMILES string of the molecule is C=CC(=O)OCCCOc1ccc(C(=O)Nc2ccc(Cl)cc2)cc1. The number of halogens is 1. The molecule has 25 heavy (non-hydrogen) atoms. The van der Waals surface area contributed by atoms with Gasteiger partial charge in [0.25, 0.3) is 5.91 Å². The summed E-state index contributed by atoms with van der Waals surface area (Å²) in [5.41, 5.74) is 1.19. The molecule has 0 aliphatic carbocycles. The highest BCUT2D eigenvalue weighted by Gasteiger charge is 2.06. The molecule has 130 valence electrons. The summed E-state index contributed by atoms with van der Waals surface area (Å²) in [6, 6.07) is 13.7. The molecule has 0 aromatic heterocycles. The maximum absolute atomic E-state index is 12.2. The third kappa shape index (κ3) is 6.31. The Kier molecular flexibility index (Phi) is 7.04. The van der Waals surface area contributed by atoms with Crippen LogP contribution >= 0.6 is 11.6 Å². The first-order chi connectivity index (χ1) is 12.1. The van der Waals surface area contributed by atoms with E-state index in [2.05, 4.69) is 11.9 Å². The van der Waals surface area contributed by atoms with Crippen LogP contribution in [0.2, 0.25) is 5.02 Å². The zero-order valence-electron chi connectivity index (χ0n) is 13.5. The van der Waals surface area contributed by atoms with E-state index in [0.29, 0.717) is 35.1 Å². The Morgan fingerprint density at radius 2 is 1.72 bits per heavy atom. The molecule has 2 aromatic carbocycles. The summed E-state index contributed by atoms with van der Waals surface area (Å²) in [7, 11) is 0. The third-order valence-corrected chi connectivity index (χ3v) is 3.44. The number of anilines is 1. The Morgan fingerprint density at radius 1 is 1.04 bits per heavy atom. The van der Waals surface area contributed by atoms with Gasteiger partial charge in [-0.2, -0.15) is 0 Å². The summed E-state index contributed by atoms with van der Waals surface area (Å²) < 4.78 is 10.4. The average molecular weight is 360 g/mol. The standard InChI is InChI=1S/C19H18ClNO4/c1-2-18(22)25-13-3-12-24-17-10-4-14(5-11-17)19(23)21-16-8-6-15(20)7-9-16/h2,4-11H,1,3,12-13H2,(H,21,23). The van der Waals surface area contributed by atoms with E-state index in [9.17, 15) is 9.59 Å². The largest absolute Gasteiger partial charge is 0.493 e. The number of hydrogen-bond donors (Lipinski definition) is 1. The number of amides is 1. The fraction of sp³-hybridized carbons (Fsp3) is 0.158. The minimum atomic E-state index is -0.448. The van der Waals surface area contributed by atoms with Crippen molar-refractivity contribution < 1.29 is 19.1 Å². The summed E-state index contributed by atoms with van der Waals surface area (Å²) in [5, 5.41) is 3.40. The fourth-order valence-electron chi connectivity index (χ4n) is 1.92. The number of carbonyl (C=O) groups is 2. The number of rotatable bonds is 8. The van der Waals surface area contributed by atoms with Crippen molar-refractivity contribution in [1.82, 2.24) is 0 Å². The molecular formula is C19H18ClNO4. The quantitative estimate of drug-likeness (QED) is 0.438. The van der Waals surface area contributed by atoms with E-state index >= 15 is 0 Å². The van der Waals surface area contributed by atoms with E-state index in [4.69, 9.17) is 21.1 Å². The van der Waals surface area contributed by atoms with Gasteiger partial charge in [0.15, 0.2) is 0 Å². The zero-order valence-corrected chi connectivity index (χ0v) is 14.3. The average Bonchev–Trinajstić information content (AvgIpc) is 2.63. The lowest BCUT2D eigenvalue weighted by atomic mass is 10.2. The Hall–Kier alpha value is -2.79. The first kappa shape index (κ1) is 18.5. The van der Waals surface area contributed by atoms with Gasteiger partial charge in [0.2, 0.25) is 0 Å². The molecule has 0 fully saturated rings. The summed E-state index contributed by atoms with van der Waals surface area (Å²) in [6.07, 6.45) is 1.69. The van der Waals surface area contributed by atoms with Gasteiger partial charge in [0.05, 0.1) is 13.2 Å². The molecule has 0 spiro atoms. The van der Waals surface area contributed by atoms with Crippen molar-refractivity contribution in [3.63, 3.8) is 0 Å². The van der Waals surface area contributed by atoms with Crippen molar-refractivity contribution in [1.29, 1.82) is 0 Å². The molecule has 1 N–H and O–H groups in total. The molecule has 0 aliphatic heterocycles. The normalized spacial score (nSPS) is 9.96. The summed E-state index contributed by atoms with van der Waals surface area (Å²) in [5.74, 6) is -0.0284. The predicted octanol–water partition coefficient (Wildman–Crippen LogP) is 4.09. The number of nitrogens with one attached hydrogen (secondary N) is 1. The van der Waals surface area contributed by atoms with Crippen LogP contribution in [0, 0.1) is 0 Å². The molecule has 6 heteroatoms. The van der Waals surface area contributed by atoms with Gasteiger partial charge < -0.3 is 14.8 Å². The predicted molar refractivity (Wildman–Crippen MR) is 97.1 cm³/mol. The molecule has 0 radical (unpaired) electrons. The van der Waals surface area contributed by atoms with E-state index in [1.54, 1.807) is 48.5 Å². The maximum atomic E-state index is 12.2. The summed E-state index contributed by atoms with van der Waals surface area (Å²) >= 11 is 5.81. The Bertz CT molecular complexity index is 726. The summed E-state index contributed by atoms with van der Waals surface area (Å²) in [4.78, 5) is 23.0. The smallest absolute Gasteiger partial charge is 0.330 e. The van der Waals surface area contributed by atoms with Crippen molar-refractivity contribution in [2.24, 2.45) is 0 Å². The van der Waals surface area contributed by atoms with Crippen molar-refractivity contribution in [3.05, 3.63) is 71.8 Å². The molecule has 0 saturated carbocycles. The van der Waals surface area contributed by atoms with Gasteiger partial charge >= 0.3 is 5.97 Å². The van der Waals surface area contributed by atoms with Gasteiger partial charge in [0.1, 0.15) is 5.75 Å². The van der Waals surface area contributed by atoms with Gasteiger partial charge in [-0.15, -0.1) is 0 Å². The molecule has 0 bridgehead atoms. The van der Waals surface area contributed by atoms with Gasteiger partial charge in [0, 0.05) is 28.8 Å². The number of benzene rings is 2. The number of ether oxygens (including phenoxy) is 2. The molecule has 2 rings (SSSR count). The van der Waals surface area contributed by atoms with Crippen LogP contribution in [0.15, 0.2) is 61.2 Å². The van der Waals surface area contributed by atoms with Crippen LogP contribution in [0.3, 0.4) is 0 Å². The van der Waals surface area contributed by atoms with Crippen LogP contribution in [0.1, 0.15) is 16.8 Å². The fourth-order valence-corrected chi connectivity index (χ4v) is 2.05. The molecule has 1 amide bonds. The number of carbonyl (C=O) groups excluding carboxylic acids is 2. The van der Waals surface area contributed by atoms with E-state index < -0.39 is 5.97 Å². The Labute approximate surface area is 151 Å². The second-order valence-corrected chi connectivity index (χ2v) is 5.50. The molecule has 0 aliphatic rings. The lowest BCUT2D eigenvalue weighted by Gasteiger charge is -2.08. The van der Waals surface area contributed by atoms with Crippen molar-refractivity contribution in [3.8, 4) is 5.75 Å². The topological polar surface area (TPSA) is 64.6 Å². The molecular weight excluding hydrogens is 342 g/mol. The Morgan fingerprint density at radius 3 is 2.36 bits per heavy atom. The second-order valence-electron chi connectivity index (χ2n) is 5.06. The lowest BCUT2D eigenvalue weighted by Crippen LogP contribution is -2.11. The lowest BCUT2D eigenvalue weighted by molar-refractivity contribution is -0.137. The maximum Gasteiger partial charge on any atom is 0.330 e. The summed E-state index contributed by atoms with van der Waals surface area (Å²) in [6.45, 7) is 3.99. The molecule has 2 aromatic rings. The van der Waals surface area contributed by atoms with Crippen LogP contribution < -0.4 is 10.1 Å². The third-order valence-electron chi connectivity index (χ3n) is 3.19. The van der Waals surface area contributed by atoms with Crippen LogP contribution in [0.4, 0.5) is 5.69 Å². The van der Waals surface area contributed by atoms with Gasteiger partial charge in [-0.05, 0) is 48.5 Å². The van der Waals surface area contributed by atoms with E-state index in [0.717, 1.165) is 6.08 Å². The van der Waals surface area contributed by atoms with Gasteiger partial charge in [-0.1, -0.05) is 18.2 Å².